The quantitative estimate of drug-likeness (QED) is 0.0857. The highest BCUT2D eigenvalue weighted by atomic mass is 16.8. The van der Waals surface area contributed by atoms with Crippen LogP contribution in [0.4, 0.5) is 0 Å². The molecular weight excluding hydrogens is 1700 g/mol. The van der Waals surface area contributed by atoms with E-state index >= 15 is 0 Å². The zero-order valence-electron chi connectivity index (χ0n) is 75.7. The van der Waals surface area contributed by atoms with Crippen molar-refractivity contribution in [3.63, 3.8) is 0 Å². The van der Waals surface area contributed by atoms with Crippen LogP contribution in [0.5, 0.6) is 0 Å². The lowest BCUT2D eigenvalue weighted by Crippen LogP contribution is -2.54. The highest BCUT2D eigenvalue weighted by Gasteiger charge is 2.75. The summed E-state index contributed by atoms with van der Waals surface area (Å²) in [6, 6.07) is 0. The molecule has 0 bridgehead atoms. The van der Waals surface area contributed by atoms with Crippen molar-refractivity contribution in [2.24, 2.45) is 0 Å². The Kier molecular flexibility index (Phi) is 27.7. The number of nitrogens with zero attached hydrogens (tertiary/aromatic N) is 6. The van der Waals surface area contributed by atoms with Crippen LogP contribution in [-0.4, -0.2) is 346 Å². The number of aldehydes is 1. The molecule has 0 unspecified atom stereocenters. The zero-order valence-corrected chi connectivity index (χ0v) is 75.7. The van der Waals surface area contributed by atoms with Crippen LogP contribution in [0.2, 0.25) is 0 Å². The van der Waals surface area contributed by atoms with Crippen molar-refractivity contribution in [1.29, 1.82) is 0 Å². The van der Waals surface area contributed by atoms with E-state index in [1.165, 1.54) is 105 Å². The van der Waals surface area contributed by atoms with Crippen molar-refractivity contribution in [2.45, 2.75) is 361 Å². The van der Waals surface area contributed by atoms with E-state index in [1.807, 2.05) is 34.6 Å². The third-order valence-electron chi connectivity index (χ3n) is 25.8. The van der Waals surface area contributed by atoms with Gasteiger partial charge in [0.15, 0.2) is 107 Å². The van der Waals surface area contributed by atoms with Crippen LogP contribution in [0.25, 0.3) is 0 Å². The second-order valence-electron chi connectivity index (χ2n) is 37.9. The molecule has 17 rings (SSSR count). The van der Waals surface area contributed by atoms with Crippen LogP contribution in [-0.2, 0) is 138 Å². The topological polar surface area (TPSA) is 531 Å². The number of rotatable bonds is 15. The maximum Gasteiger partial charge on any atom is 0.236 e. The van der Waals surface area contributed by atoms with Gasteiger partial charge in [0.2, 0.25) is 35.4 Å². The summed E-state index contributed by atoms with van der Waals surface area (Å²) in [5, 5.41) is 67.9. The van der Waals surface area contributed by atoms with Crippen molar-refractivity contribution in [2.75, 3.05) is 33.0 Å². The summed E-state index contributed by atoms with van der Waals surface area (Å²) < 4.78 is 94.7. The van der Waals surface area contributed by atoms with Crippen molar-refractivity contribution >= 4 is 76.4 Å². The molecule has 7 N–H and O–H groups in total. The molecule has 22 atom stereocenters. The maximum atomic E-state index is 12.3. The lowest BCUT2D eigenvalue weighted by Gasteiger charge is -2.37. The SMILES string of the molecule is CC1(C)O[C@@H]2C(CO)(CO)O[C@@H](N3C=CC(=O)CC3=O)[C@]2(C)O1.CC1(C)O[C@@H]2[C@@H](C=O)O[C@@H](N3C=CC(=O)CC3=O)[C@]2(C)O1.CC1(C)O[C@@H]2[C@@H](CO)O[C@@H](N3C=CC(=O)CC3=O)[C@]2(C)O1.CCC1(CC)O[C@@H](N2C=CC(=O)CC2=O)[C@]2(C)OC(C)(C)O[C@H]12.CC[C@]1(CO)O[C@@H](N2C=CC(=O)CC2=O)[C@]2(C)OC(C)(C)O[C@H]12.C[C@@]1(O)[C@H](O)[C@@H](CO)O[C@H]1N1C=CC(=O)CC1=O. The Balaban J connectivity index is 0.000000141. The summed E-state index contributed by atoms with van der Waals surface area (Å²) in [5.74, 6) is -8.07. The fourth-order valence-corrected chi connectivity index (χ4v) is 20.1. The molecule has 0 spiro atoms. The molecule has 42 heteroatoms. The average Bonchev–Trinajstić information content (AvgIpc) is 1.50. The number of hydrogen-bond acceptors (Lipinski definition) is 36. The van der Waals surface area contributed by atoms with E-state index in [-0.39, 0.29) is 116 Å². The number of amides is 6. The van der Waals surface area contributed by atoms with Crippen molar-refractivity contribution < 1.29 is 174 Å². The maximum absolute atomic E-state index is 12.3. The summed E-state index contributed by atoms with van der Waals surface area (Å²) >= 11 is 0. The monoisotopic (exact) mass is 1820 g/mol. The third kappa shape index (κ3) is 18.3. The number of carbonyl (C=O) groups excluding carboxylic acids is 13. The molecule has 0 aliphatic carbocycles. The van der Waals surface area contributed by atoms with Gasteiger partial charge >= 0.3 is 0 Å². The van der Waals surface area contributed by atoms with Gasteiger partial charge in [0.25, 0.3) is 0 Å². The van der Waals surface area contributed by atoms with Gasteiger partial charge in [-0.05, 0) is 166 Å². The van der Waals surface area contributed by atoms with Crippen LogP contribution < -0.4 is 0 Å². The van der Waals surface area contributed by atoms with Crippen molar-refractivity contribution in [1.82, 2.24) is 29.4 Å². The highest BCUT2D eigenvalue weighted by Crippen LogP contribution is 2.58. The number of carbonyl (C=O) groups is 13. The van der Waals surface area contributed by atoms with Crippen LogP contribution in [0.3, 0.4) is 0 Å². The Morgan fingerprint density at radius 2 is 0.581 bits per heavy atom. The number of hydrogen-bond donors (Lipinski definition) is 7. The number of aliphatic hydroxyl groups excluding tert-OH is 6. The van der Waals surface area contributed by atoms with Gasteiger partial charge in [-0.3, -0.25) is 86.9 Å². The number of fused-ring (bicyclic) bond motifs is 5. The molecule has 0 radical (unpaired) electrons. The first-order valence-electron chi connectivity index (χ1n) is 42.9. The highest BCUT2D eigenvalue weighted by molar-refractivity contribution is 6.09. The van der Waals surface area contributed by atoms with E-state index in [4.69, 9.17) is 80.9 Å². The van der Waals surface area contributed by atoms with Gasteiger partial charge in [-0.15, -0.1) is 0 Å². The lowest BCUT2D eigenvalue weighted by atomic mass is 9.83. The summed E-state index contributed by atoms with van der Waals surface area (Å²) in [6.07, 6.45) is 6.30. The van der Waals surface area contributed by atoms with E-state index in [9.17, 15) is 93.0 Å². The van der Waals surface area contributed by atoms with Crippen LogP contribution in [0, 0.1) is 0 Å². The molecule has 0 aromatic heterocycles. The Morgan fingerprint density at radius 3 is 0.884 bits per heavy atom. The van der Waals surface area contributed by atoms with Crippen molar-refractivity contribution in [3.05, 3.63) is 73.7 Å². The third-order valence-corrected chi connectivity index (χ3v) is 25.8. The Morgan fingerprint density at radius 1 is 0.326 bits per heavy atom. The fourth-order valence-electron chi connectivity index (χ4n) is 20.1. The minimum atomic E-state index is -1.71. The fraction of sp³-hybridized carbons (Fsp3) is 0.713. The van der Waals surface area contributed by atoms with Gasteiger partial charge in [0.1, 0.15) is 99.7 Å². The molecule has 11 saturated heterocycles. The Labute approximate surface area is 744 Å². The average molecular weight is 1830 g/mol. The van der Waals surface area contributed by atoms with E-state index in [1.54, 1.807) is 76.2 Å². The van der Waals surface area contributed by atoms with Crippen molar-refractivity contribution in [3.8, 4) is 0 Å². The molecular formula is C87H120N6O36. The molecule has 11 fully saturated rings. The normalized spacial score (nSPS) is 40.4. The van der Waals surface area contributed by atoms with Gasteiger partial charge in [0, 0.05) is 37.2 Å². The van der Waals surface area contributed by atoms with Gasteiger partial charge in [0.05, 0.1) is 77.2 Å². The first-order chi connectivity index (χ1) is 59.9. The zero-order chi connectivity index (χ0) is 95.5. The van der Waals surface area contributed by atoms with E-state index in [0.29, 0.717) is 12.7 Å². The van der Waals surface area contributed by atoms with Gasteiger partial charge in [-0.25, -0.2) is 0 Å². The van der Waals surface area contributed by atoms with E-state index in [0.717, 1.165) is 17.7 Å². The number of ether oxygens (including phenoxy) is 16. The standard InChI is InChI=1S/C17H25NO5.C16H23NO6.C15H21NO7.C14H19NO6.C14H17NO6.C11H15NO6/c1-6-17(7-2)13-16(5,23-15(3,4)21-13)14(22-17)18-9-8-11(19)10-12(18)20;1-5-16(9-18)12-15(4,23-14(2,3)21-12)13(22-16)17-7-6-10(19)8-11(17)20;1-13(2)21-11-14(3,23-13)12(22-15(11,7-17)8-18)16-5-4-9(19)6-10(16)20;2*1-13(2)20-11-9(7-16)19-12(14(11,3)21-13)15-5-4-8(17)6-10(15)18;1-11(17)9(16)7(5-13)18-10(11)12-3-2-6(14)4-8(12)15/h8-9,13-14H,6-7,10H2,1-5H3;6-7,12-13,18H,5,8-9H2,1-4H3;4-5,11-12,17-18H,6-8H2,1-3H3;4-5,9,11-12,16H,6-7H2,1-3H3;4-5,7,9,11-12H,6H2,1-3H3;2-3,7,9-10,13,16-17H,4-5H2,1H3/t13-,14+,16+;12-,13+,15+,16+;11-,12+,14+;2*9-,11-,12-,14-;7-,9-,10-,11-/m000111/s1. The molecule has 0 aromatic rings. The van der Waals surface area contributed by atoms with Crippen LogP contribution in [0.15, 0.2) is 73.7 Å². The lowest BCUT2D eigenvalue weighted by molar-refractivity contribution is -0.248. The molecule has 17 aliphatic heterocycles. The number of aliphatic hydroxyl groups is 7. The molecule has 17 heterocycles. The molecule has 0 saturated carbocycles. The Bertz CT molecular complexity index is 4380. The summed E-state index contributed by atoms with van der Waals surface area (Å²) in [7, 11) is 0. The number of ketones is 6. The van der Waals surface area contributed by atoms with Crippen LogP contribution >= 0.6 is 0 Å². The summed E-state index contributed by atoms with van der Waals surface area (Å²) in [4.78, 5) is 160. The molecule has 42 nitrogen and oxygen atoms in total. The molecule has 129 heavy (non-hydrogen) atoms. The second-order valence-corrected chi connectivity index (χ2v) is 37.9. The Hall–Kier alpha value is -7.97. The molecule has 6 amide bonds. The second kappa shape index (κ2) is 35.8. The summed E-state index contributed by atoms with van der Waals surface area (Å²) in [6.45, 7) is 32.2. The first-order valence-corrected chi connectivity index (χ1v) is 42.9. The van der Waals surface area contributed by atoms with Gasteiger partial charge in [-0.1, -0.05) is 20.8 Å². The molecule has 714 valence electrons. The first kappa shape index (κ1) is 100. The predicted octanol–water partition coefficient (Wildman–Crippen LogP) is 0.322. The smallest absolute Gasteiger partial charge is 0.236 e. The largest absolute Gasteiger partial charge is 0.394 e. The van der Waals surface area contributed by atoms with Crippen LogP contribution in [0.1, 0.15) is 189 Å². The summed E-state index contributed by atoms with van der Waals surface area (Å²) in [5.41, 5.74) is -9.29. The minimum Gasteiger partial charge on any atom is -0.394 e. The number of allylic oxidation sites excluding steroid dienone is 6. The predicted molar refractivity (Wildman–Crippen MR) is 434 cm³/mol. The minimum absolute atomic E-state index is 0.132. The molecule has 17 aliphatic rings. The molecule has 0 aromatic carbocycles. The van der Waals surface area contributed by atoms with E-state index in [2.05, 4.69) is 13.8 Å². The van der Waals surface area contributed by atoms with Gasteiger partial charge in [-0.2, -0.15) is 0 Å². The van der Waals surface area contributed by atoms with E-state index < -0.39 is 197 Å². The van der Waals surface area contributed by atoms with Gasteiger partial charge < -0.3 is 116 Å².